The summed E-state index contributed by atoms with van der Waals surface area (Å²) in [6.07, 6.45) is 6.18. The highest BCUT2D eigenvalue weighted by molar-refractivity contribution is 5.98. The zero-order valence-corrected chi connectivity index (χ0v) is 21.7. The number of carbonyl (C=O) groups is 3. The molecule has 0 N–H and O–H groups in total. The Labute approximate surface area is 214 Å². The molecule has 1 atom stereocenters. The summed E-state index contributed by atoms with van der Waals surface area (Å²) < 4.78 is 6.36. The van der Waals surface area contributed by atoms with Gasteiger partial charge in [0, 0.05) is 69.6 Å². The second-order valence-electron chi connectivity index (χ2n) is 11.1. The van der Waals surface area contributed by atoms with Crippen molar-refractivity contribution in [2.75, 3.05) is 45.9 Å². The molecular weight excluding hydrogens is 456 g/mol. The summed E-state index contributed by atoms with van der Waals surface area (Å²) >= 11 is 0. The van der Waals surface area contributed by atoms with Gasteiger partial charge in [-0.1, -0.05) is 44.9 Å². The molecule has 8 heteroatoms. The molecule has 0 bridgehead atoms. The highest BCUT2D eigenvalue weighted by Gasteiger charge is 2.55. The maximum atomic E-state index is 13.9. The fraction of sp³-hybridized carbons (Fsp3) is 0.679. The Kier molecular flexibility index (Phi) is 7.35. The fourth-order valence-electron chi connectivity index (χ4n) is 6.50. The Morgan fingerprint density at radius 3 is 2.14 bits per heavy atom. The number of rotatable bonds is 4. The molecule has 196 valence electrons. The third-order valence-corrected chi connectivity index (χ3v) is 8.60. The van der Waals surface area contributed by atoms with Crippen LogP contribution in [0, 0.1) is 5.92 Å². The van der Waals surface area contributed by atoms with Gasteiger partial charge in [0.1, 0.15) is 11.8 Å². The lowest BCUT2D eigenvalue weighted by molar-refractivity contribution is -0.148. The zero-order chi connectivity index (χ0) is 25.3. The molecule has 1 unspecified atom stereocenters. The summed E-state index contributed by atoms with van der Waals surface area (Å²) in [5.41, 5.74) is -0.293. The number of nitrogens with zero attached hydrogens (tertiary/aromatic N) is 4. The molecule has 0 aromatic heterocycles. The summed E-state index contributed by atoms with van der Waals surface area (Å²) in [7, 11) is 0. The van der Waals surface area contributed by atoms with E-state index in [9.17, 15) is 14.4 Å². The Hall–Kier alpha value is -2.45. The SMILES string of the molecule is CC(C)C(=O)N1CCC2(CC1)OCC(C(=O)N1CCN(C3CCCC3)CC1)N2C(=O)c1ccccc1. The van der Waals surface area contributed by atoms with Gasteiger partial charge in [0.25, 0.3) is 5.91 Å². The predicted octanol–water partition coefficient (Wildman–Crippen LogP) is 2.59. The molecule has 3 amide bonds. The van der Waals surface area contributed by atoms with Crippen molar-refractivity contribution in [3.63, 3.8) is 0 Å². The summed E-state index contributed by atoms with van der Waals surface area (Å²) in [5, 5.41) is 0. The lowest BCUT2D eigenvalue weighted by Gasteiger charge is -2.45. The Morgan fingerprint density at radius 2 is 1.53 bits per heavy atom. The molecule has 36 heavy (non-hydrogen) atoms. The fourth-order valence-corrected chi connectivity index (χ4v) is 6.50. The van der Waals surface area contributed by atoms with Crippen molar-refractivity contribution in [2.45, 2.75) is 70.2 Å². The largest absolute Gasteiger partial charge is 0.353 e. The third kappa shape index (κ3) is 4.77. The highest BCUT2D eigenvalue weighted by atomic mass is 16.5. The first kappa shape index (κ1) is 25.2. The van der Waals surface area contributed by atoms with E-state index in [0.717, 1.165) is 13.1 Å². The minimum Gasteiger partial charge on any atom is -0.353 e. The summed E-state index contributed by atoms with van der Waals surface area (Å²) in [6, 6.07) is 9.20. The van der Waals surface area contributed by atoms with E-state index in [2.05, 4.69) is 4.90 Å². The van der Waals surface area contributed by atoms with Crippen molar-refractivity contribution in [3.05, 3.63) is 35.9 Å². The van der Waals surface area contributed by atoms with Gasteiger partial charge in [-0.2, -0.15) is 0 Å². The second kappa shape index (κ2) is 10.5. The Balaban J connectivity index is 1.33. The van der Waals surface area contributed by atoms with Crippen molar-refractivity contribution in [2.24, 2.45) is 5.92 Å². The summed E-state index contributed by atoms with van der Waals surface area (Å²) in [6.45, 7) is 8.26. The molecule has 1 aromatic rings. The standard InChI is InChI=1S/C28H40N4O4/c1-21(2)25(33)30-14-12-28(13-15-30)32(26(34)22-8-4-3-5-9-22)24(20-36-28)27(35)31-18-16-29(17-19-31)23-10-6-7-11-23/h3-5,8-9,21,23-24H,6-7,10-20H2,1-2H3. The number of carbonyl (C=O) groups excluding carboxylic acids is 3. The number of hydrogen-bond donors (Lipinski definition) is 0. The van der Waals surface area contributed by atoms with Crippen LogP contribution in [0.15, 0.2) is 30.3 Å². The predicted molar refractivity (Wildman–Crippen MR) is 136 cm³/mol. The molecule has 1 saturated carbocycles. The molecule has 0 radical (unpaired) electrons. The van der Waals surface area contributed by atoms with Gasteiger partial charge in [-0.15, -0.1) is 0 Å². The van der Waals surface area contributed by atoms with E-state index in [-0.39, 0.29) is 30.2 Å². The van der Waals surface area contributed by atoms with Crippen LogP contribution in [-0.4, -0.2) is 101 Å². The van der Waals surface area contributed by atoms with E-state index < -0.39 is 11.8 Å². The number of likely N-dealkylation sites (tertiary alicyclic amines) is 1. The quantitative estimate of drug-likeness (QED) is 0.641. The molecule has 5 rings (SSSR count). The Morgan fingerprint density at radius 1 is 0.889 bits per heavy atom. The molecule has 4 aliphatic rings. The van der Waals surface area contributed by atoms with E-state index in [1.165, 1.54) is 25.7 Å². The number of hydrogen-bond acceptors (Lipinski definition) is 5. The number of piperidine rings is 1. The minimum atomic E-state index is -0.854. The molecule has 3 aliphatic heterocycles. The normalized spacial score (nSPS) is 25.2. The molecule has 1 aromatic carbocycles. The van der Waals surface area contributed by atoms with E-state index in [4.69, 9.17) is 4.74 Å². The first-order chi connectivity index (χ1) is 17.4. The lowest BCUT2D eigenvalue weighted by atomic mass is 9.95. The van der Waals surface area contributed by atoms with Crippen LogP contribution in [0.1, 0.15) is 62.7 Å². The maximum absolute atomic E-state index is 13.9. The van der Waals surface area contributed by atoms with Gasteiger partial charge >= 0.3 is 0 Å². The van der Waals surface area contributed by atoms with Crippen LogP contribution < -0.4 is 0 Å². The summed E-state index contributed by atoms with van der Waals surface area (Å²) in [4.78, 5) is 48.3. The van der Waals surface area contributed by atoms with Crippen LogP contribution in [0.5, 0.6) is 0 Å². The zero-order valence-electron chi connectivity index (χ0n) is 21.7. The van der Waals surface area contributed by atoms with Crippen LogP contribution >= 0.6 is 0 Å². The van der Waals surface area contributed by atoms with Gasteiger partial charge in [-0.05, 0) is 25.0 Å². The number of piperazine rings is 1. The molecule has 8 nitrogen and oxygen atoms in total. The van der Waals surface area contributed by atoms with Gasteiger partial charge in [-0.3, -0.25) is 24.2 Å². The smallest absolute Gasteiger partial charge is 0.256 e. The van der Waals surface area contributed by atoms with E-state index in [1.807, 2.05) is 41.8 Å². The molecular formula is C28H40N4O4. The molecule has 1 aliphatic carbocycles. The van der Waals surface area contributed by atoms with Crippen LogP contribution in [-0.2, 0) is 14.3 Å². The average Bonchev–Trinajstić information content (AvgIpc) is 3.57. The minimum absolute atomic E-state index is 0.0112. The average molecular weight is 497 g/mol. The topological polar surface area (TPSA) is 73.4 Å². The third-order valence-electron chi connectivity index (χ3n) is 8.60. The summed E-state index contributed by atoms with van der Waals surface area (Å²) in [5.74, 6) is -0.123. The van der Waals surface area contributed by atoms with E-state index in [0.29, 0.717) is 50.6 Å². The lowest BCUT2D eigenvalue weighted by Crippen LogP contribution is -2.61. The monoisotopic (exact) mass is 496 g/mol. The van der Waals surface area contributed by atoms with Gasteiger partial charge < -0.3 is 14.5 Å². The number of amides is 3. The van der Waals surface area contributed by atoms with Crippen molar-refractivity contribution >= 4 is 17.7 Å². The molecule has 1 spiro atoms. The van der Waals surface area contributed by atoms with Gasteiger partial charge in [0.2, 0.25) is 11.8 Å². The second-order valence-corrected chi connectivity index (χ2v) is 11.1. The first-order valence-corrected chi connectivity index (χ1v) is 13.7. The van der Waals surface area contributed by atoms with Crippen molar-refractivity contribution < 1.29 is 19.1 Å². The van der Waals surface area contributed by atoms with E-state index in [1.54, 1.807) is 17.0 Å². The van der Waals surface area contributed by atoms with Crippen LogP contribution in [0.4, 0.5) is 0 Å². The van der Waals surface area contributed by atoms with Gasteiger partial charge in [0.15, 0.2) is 0 Å². The molecule has 3 saturated heterocycles. The van der Waals surface area contributed by atoms with Crippen molar-refractivity contribution in [1.29, 1.82) is 0 Å². The van der Waals surface area contributed by atoms with Crippen LogP contribution in [0.2, 0.25) is 0 Å². The molecule has 4 fully saturated rings. The Bertz CT molecular complexity index is 946. The van der Waals surface area contributed by atoms with E-state index >= 15 is 0 Å². The van der Waals surface area contributed by atoms with Gasteiger partial charge in [-0.25, -0.2) is 0 Å². The number of ether oxygens (including phenoxy) is 1. The van der Waals surface area contributed by atoms with Crippen LogP contribution in [0.3, 0.4) is 0 Å². The van der Waals surface area contributed by atoms with Crippen LogP contribution in [0.25, 0.3) is 0 Å². The van der Waals surface area contributed by atoms with Gasteiger partial charge in [0.05, 0.1) is 6.61 Å². The van der Waals surface area contributed by atoms with Crippen molar-refractivity contribution in [3.8, 4) is 0 Å². The maximum Gasteiger partial charge on any atom is 0.256 e. The highest BCUT2D eigenvalue weighted by Crippen LogP contribution is 2.39. The number of benzene rings is 1. The van der Waals surface area contributed by atoms with Crippen molar-refractivity contribution in [1.82, 2.24) is 19.6 Å². The molecule has 3 heterocycles. The first-order valence-electron chi connectivity index (χ1n) is 13.7.